The van der Waals surface area contributed by atoms with Crippen LogP contribution in [0.2, 0.25) is 5.02 Å². The summed E-state index contributed by atoms with van der Waals surface area (Å²) in [5.41, 5.74) is 9.80. The highest BCUT2D eigenvalue weighted by Gasteiger charge is 2.20. The fourth-order valence-electron chi connectivity index (χ4n) is 2.40. The van der Waals surface area contributed by atoms with Gasteiger partial charge in [-0.25, -0.2) is 0 Å². The largest absolute Gasteiger partial charge is 0.330 e. The van der Waals surface area contributed by atoms with Crippen molar-refractivity contribution in [1.82, 2.24) is 0 Å². The Balaban J connectivity index is 2.28. The monoisotopic (exact) mass is 266 g/mol. The van der Waals surface area contributed by atoms with Crippen LogP contribution in [0.15, 0.2) is 6.07 Å². The zero-order chi connectivity index (χ0) is 13.1. The van der Waals surface area contributed by atoms with E-state index in [9.17, 15) is 4.79 Å². The number of benzene rings is 1. The van der Waals surface area contributed by atoms with Crippen molar-refractivity contribution in [2.75, 3.05) is 11.9 Å². The number of anilines is 1. The average molecular weight is 267 g/mol. The van der Waals surface area contributed by atoms with Gasteiger partial charge in [0.2, 0.25) is 5.91 Å². The van der Waals surface area contributed by atoms with Gasteiger partial charge in [0.05, 0.1) is 0 Å². The molecule has 1 aromatic carbocycles. The molecule has 0 saturated heterocycles. The summed E-state index contributed by atoms with van der Waals surface area (Å²) in [5.74, 6) is 0.0811. The van der Waals surface area contributed by atoms with E-state index in [4.69, 9.17) is 17.3 Å². The number of unbranched alkanes of at least 4 members (excludes halogenated alkanes) is 1. The van der Waals surface area contributed by atoms with Gasteiger partial charge in [-0.1, -0.05) is 17.7 Å². The molecule has 0 saturated carbocycles. The van der Waals surface area contributed by atoms with Crippen molar-refractivity contribution in [2.24, 2.45) is 5.73 Å². The molecule has 1 amide bonds. The number of fused-ring (bicyclic) bond motifs is 1. The van der Waals surface area contributed by atoms with Crippen molar-refractivity contribution in [3.05, 3.63) is 27.8 Å². The highest BCUT2D eigenvalue weighted by molar-refractivity contribution is 6.32. The number of amides is 1. The molecule has 3 nitrogen and oxygen atoms in total. The topological polar surface area (TPSA) is 55.1 Å². The lowest BCUT2D eigenvalue weighted by molar-refractivity contribution is -0.116. The zero-order valence-corrected chi connectivity index (χ0v) is 11.4. The van der Waals surface area contributed by atoms with E-state index in [1.54, 1.807) is 0 Å². The van der Waals surface area contributed by atoms with Gasteiger partial charge < -0.3 is 11.1 Å². The van der Waals surface area contributed by atoms with Gasteiger partial charge in [-0.2, -0.15) is 0 Å². The van der Waals surface area contributed by atoms with Crippen molar-refractivity contribution in [3.8, 4) is 0 Å². The molecule has 0 spiro atoms. The van der Waals surface area contributed by atoms with Crippen molar-refractivity contribution < 1.29 is 4.79 Å². The first-order valence-electron chi connectivity index (χ1n) is 6.44. The highest BCUT2D eigenvalue weighted by Crippen LogP contribution is 2.34. The minimum atomic E-state index is 0.0811. The second-order valence-electron chi connectivity index (χ2n) is 4.80. The van der Waals surface area contributed by atoms with Gasteiger partial charge in [0.1, 0.15) is 0 Å². The number of halogens is 1. The van der Waals surface area contributed by atoms with Gasteiger partial charge >= 0.3 is 0 Å². The maximum atomic E-state index is 11.4. The first-order valence-corrected chi connectivity index (χ1v) is 6.82. The van der Waals surface area contributed by atoms with E-state index in [0.717, 1.165) is 48.5 Å². The third kappa shape index (κ3) is 2.68. The molecule has 1 aliphatic heterocycles. The van der Waals surface area contributed by atoms with Gasteiger partial charge in [-0.05, 0) is 55.8 Å². The lowest BCUT2D eigenvalue weighted by Gasteiger charge is -2.22. The molecular weight excluding hydrogens is 248 g/mol. The van der Waals surface area contributed by atoms with Crippen LogP contribution in [0.25, 0.3) is 0 Å². The van der Waals surface area contributed by atoms with Crippen molar-refractivity contribution in [1.29, 1.82) is 0 Å². The van der Waals surface area contributed by atoms with E-state index in [1.807, 2.05) is 6.92 Å². The summed E-state index contributed by atoms with van der Waals surface area (Å²) in [6.45, 7) is 2.69. The zero-order valence-electron chi connectivity index (χ0n) is 10.7. The van der Waals surface area contributed by atoms with E-state index in [2.05, 4.69) is 11.4 Å². The standard InChI is InChI=1S/C14H19ClN2O/c1-9-13(15)10(4-2-3-7-16)8-11-5-6-12(18)17-14(9)11/h8H,2-7,16H2,1H3,(H,17,18). The van der Waals surface area contributed by atoms with Crippen molar-refractivity contribution in [3.63, 3.8) is 0 Å². The molecule has 0 aliphatic carbocycles. The van der Waals surface area contributed by atoms with E-state index in [0.29, 0.717) is 6.42 Å². The Bertz CT molecular complexity index is 471. The maximum absolute atomic E-state index is 11.4. The van der Waals surface area contributed by atoms with E-state index in [-0.39, 0.29) is 5.91 Å². The van der Waals surface area contributed by atoms with Crippen LogP contribution >= 0.6 is 11.6 Å². The van der Waals surface area contributed by atoms with Gasteiger partial charge in [-0.15, -0.1) is 0 Å². The molecule has 2 rings (SSSR count). The summed E-state index contributed by atoms with van der Waals surface area (Å²) < 4.78 is 0. The van der Waals surface area contributed by atoms with Crippen LogP contribution in [0.5, 0.6) is 0 Å². The molecule has 4 heteroatoms. The second kappa shape index (κ2) is 5.72. The summed E-state index contributed by atoms with van der Waals surface area (Å²) >= 11 is 6.37. The molecule has 0 unspecified atom stereocenters. The van der Waals surface area contributed by atoms with Crippen LogP contribution in [0.4, 0.5) is 5.69 Å². The molecule has 0 bridgehead atoms. The molecule has 18 heavy (non-hydrogen) atoms. The normalized spacial score (nSPS) is 14.3. The first-order chi connectivity index (χ1) is 8.63. The molecule has 0 atom stereocenters. The molecule has 0 aromatic heterocycles. The maximum Gasteiger partial charge on any atom is 0.224 e. The van der Waals surface area contributed by atoms with Crippen LogP contribution in [0.3, 0.4) is 0 Å². The average Bonchev–Trinajstić information content (AvgIpc) is 2.36. The summed E-state index contributed by atoms with van der Waals surface area (Å²) in [6.07, 6.45) is 4.40. The van der Waals surface area contributed by atoms with Crippen molar-refractivity contribution >= 4 is 23.2 Å². The van der Waals surface area contributed by atoms with Crippen LogP contribution in [-0.4, -0.2) is 12.5 Å². The van der Waals surface area contributed by atoms with Crippen LogP contribution in [-0.2, 0) is 17.6 Å². The number of nitrogens with one attached hydrogen (secondary N) is 1. The number of aryl methyl sites for hydroxylation is 2. The first kappa shape index (κ1) is 13.4. The minimum absolute atomic E-state index is 0.0811. The van der Waals surface area contributed by atoms with Crippen LogP contribution < -0.4 is 11.1 Å². The number of nitrogens with two attached hydrogens (primary N) is 1. The number of hydrogen-bond acceptors (Lipinski definition) is 2. The smallest absolute Gasteiger partial charge is 0.224 e. The summed E-state index contributed by atoms with van der Waals surface area (Å²) in [7, 11) is 0. The third-order valence-corrected chi connectivity index (χ3v) is 3.97. The molecular formula is C14H19ClN2O. The second-order valence-corrected chi connectivity index (χ2v) is 5.18. The Morgan fingerprint density at radius 2 is 2.17 bits per heavy atom. The molecule has 1 aromatic rings. The molecule has 1 aliphatic rings. The summed E-state index contributed by atoms with van der Waals surface area (Å²) in [5, 5.41) is 3.71. The summed E-state index contributed by atoms with van der Waals surface area (Å²) in [4.78, 5) is 11.4. The predicted molar refractivity (Wildman–Crippen MR) is 75.1 cm³/mol. The number of hydrogen-bond donors (Lipinski definition) is 2. The van der Waals surface area contributed by atoms with Gasteiger partial charge in [0.15, 0.2) is 0 Å². The number of carbonyl (C=O) groups is 1. The Morgan fingerprint density at radius 3 is 2.89 bits per heavy atom. The quantitative estimate of drug-likeness (QED) is 0.824. The Morgan fingerprint density at radius 1 is 1.39 bits per heavy atom. The third-order valence-electron chi connectivity index (χ3n) is 3.44. The number of rotatable bonds is 4. The van der Waals surface area contributed by atoms with Gasteiger partial charge in [0.25, 0.3) is 0 Å². The SMILES string of the molecule is Cc1c(Cl)c(CCCCN)cc2c1NC(=O)CC2. The molecule has 0 fully saturated rings. The Labute approximate surface area is 113 Å². The molecule has 98 valence electrons. The Kier molecular flexibility index (Phi) is 4.25. The Hall–Kier alpha value is -1.06. The number of carbonyl (C=O) groups excluding carboxylic acids is 1. The highest BCUT2D eigenvalue weighted by atomic mass is 35.5. The lowest BCUT2D eigenvalue weighted by Crippen LogP contribution is -2.20. The van der Waals surface area contributed by atoms with Crippen molar-refractivity contribution in [2.45, 2.75) is 39.0 Å². The molecule has 1 heterocycles. The minimum Gasteiger partial charge on any atom is -0.330 e. The van der Waals surface area contributed by atoms with Gasteiger partial charge in [-0.3, -0.25) is 4.79 Å². The van der Waals surface area contributed by atoms with Gasteiger partial charge in [0, 0.05) is 17.1 Å². The van der Waals surface area contributed by atoms with E-state index < -0.39 is 0 Å². The molecule has 0 radical (unpaired) electrons. The van der Waals surface area contributed by atoms with Crippen LogP contribution in [0.1, 0.15) is 36.0 Å². The predicted octanol–water partition coefficient (Wildman–Crippen LogP) is 2.81. The van der Waals surface area contributed by atoms with E-state index >= 15 is 0 Å². The summed E-state index contributed by atoms with van der Waals surface area (Å²) in [6, 6.07) is 2.14. The lowest BCUT2D eigenvalue weighted by atomic mass is 9.94. The molecule has 3 N–H and O–H groups in total. The van der Waals surface area contributed by atoms with E-state index in [1.165, 1.54) is 11.1 Å². The van der Waals surface area contributed by atoms with Crippen LogP contribution in [0, 0.1) is 6.92 Å². The fourth-order valence-corrected chi connectivity index (χ4v) is 2.64. The fraction of sp³-hybridized carbons (Fsp3) is 0.500.